The van der Waals surface area contributed by atoms with Crippen LogP contribution in [0.25, 0.3) is 0 Å². The van der Waals surface area contributed by atoms with Crippen LogP contribution in [0.3, 0.4) is 0 Å². The fraction of sp³-hybridized carbons (Fsp3) is 0.588. The molecule has 0 aromatic heterocycles. The summed E-state index contributed by atoms with van der Waals surface area (Å²) in [6.45, 7) is 5.62. The third-order valence-electron chi connectivity index (χ3n) is 4.51. The first-order valence-corrected chi connectivity index (χ1v) is 7.69. The van der Waals surface area contributed by atoms with Crippen molar-refractivity contribution in [1.29, 1.82) is 0 Å². The quantitative estimate of drug-likeness (QED) is 0.897. The minimum Gasteiger partial charge on any atom is -0.339 e. The van der Waals surface area contributed by atoms with Gasteiger partial charge in [0.25, 0.3) is 0 Å². The summed E-state index contributed by atoms with van der Waals surface area (Å²) in [7, 11) is 0. The Bertz CT molecular complexity index is 458. The van der Waals surface area contributed by atoms with Gasteiger partial charge in [0.2, 0.25) is 5.91 Å². The number of hydrogen-bond acceptors (Lipinski definition) is 2. The Hall–Kier alpha value is -1.35. The molecule has 20 heavy (non-hydrogen) atoms. The van der Waals surface area contributed by atoms with Gasteiger partial charge in [-0.3, -0.25) is 4.79 Å². The molecule has 0 radical (unpaired) electrons. The number of hydrogen-bond donors (Lipinski definition) is 1. The molecule has 2 N–H and O–H groups in total. The first-order valence-electron chi connectivity index (χ1n) is 7.69. The van der Waals surface area contributed by atoms with Crippen LogP contribution < -0.4 is 5.73 Å². The van der Waals surface area contributed by atoms with Crippen LogP contribution in [0, 0.1) is 12.8 Å². The fourth-order valence-electron chi connectivity index (χ4n) is 3.04. The van der Waals surface area contributed by atoms with Crippen LogP contribution >= 0.6 is 0 Å². The molecule has 1 fully saturated rings. The van der Waals surface area contributed by atoms with Gasteiger partial charge in [0.1, 0.15) is 0 Å². The molecule has 0 unspecified atom stereocenters. The lowest BCUT2D eigenvalue weighted by Gasteiger charge is -2.24. The van der Waals surface area contributed by atoms with E-state index in [4.69, 9.17) is 5.73 Å². The van der Waals surface area contributed by atoms with Crippen molar-refractivity contribution in [3.63, 3.8) is 0 Å². The molecular weight excluding hydrogens is 248 g/mol. The van der Waals surface area contributed by atoms with E-state index >= 15 is 0 Å². The van der Waals surface area contributed by atoms with Gasteiger partial charge in [-0.2, -0.15) is 0 Å². The lowest BCUT2D eigenvalue weighted by Crippen LogP contribution is -2.35. The zero-order chi connectivity index (χ0) is 14.5. The zero-order valence-corrected chi connectivity index (χ0v) is 12.6. The molecule has 110 valence electrons. The molecule has 0 saturated heterocycles. The Morgan fingerprint density at radius 1 is 1.35 bits per heavy atom. The van der Waals surface area contributed by atoms with Gasteiger partial charge in [-0.05, 0) is 43.7 Å². The molecular formula is C17H26N2O. The molecule has 1 aromatic rings. The molecule has 0 bridgehead atoms. The van der Waals surface area contributed by atoms with Crippen molar-refractivity contribution in [1.82, 2.24) is 4.90 Å². The summed E-state index contributed by atoms with van der Waals surface area (Å²) >= 11 is 0. The second kappa shape index (κ2) is 6.89. The molecule has 2 rings (SSSR count). The predicted molar refractivity (Wildman–Crippen MR) is 82.2 cm³/mol. The van der Waals surface area contributed by atoms with Gasteiger partial charge in [-0.25, -0.2) is 0 Å². The Balaban J connectivity index is 1.97. The van der Waals surface area contributed by atoms with Crippen molar-refractivity contribution in [3.05, 3.63) is 35.4 Å². The van der Waals surface area contributed by atoms with E-state index in [2.05, 4.69) is 19.1 Å². The lowest BCUT2D eigenvalue weighted by molar-refractivity contribution is -0.132. The second-order valence-electron chi connectivity index (χ2n) is 5.89. The monoisotopic (exact) mass is 274 g/mol. The highest BCUT2D eigenvalue weighted by atomic mass is 16.2. The minimum absolute atomic E-state index is 0.219. The number of aryl methyl sites for hydroxylation is 1. The van der Waals surface area contributed by atoms with E-state index in [1.54, 1.807) is 0 Å². The zero-order valence-electron chi connectivity index (χ0n) is 12.6. The van der Waals surface area contributed by atoms with Gasteiger partial charge in [0, 0.05) is 25.6 Å². The Kier molecular flexibility index (Phi) is 5.18. The number of nitrogens with two attached hydrogens (primary N) is 1. The molecule has 1 aliphatic rings. The third kappa shape index (κ3) is 3.60. The van der Waals surface area contributed by atoms with E-state index in [1.807, 2.05) is 24.0 Å². The van der Waals surface area contributed by atoms with Gasteiger partial charge in [-0.1, -0.05) is 30.7 Å². The Labute approximate surface area is 122 Å². The maximum absolute atomic E-state index is 12.5. The summed E-state index contributed by atoms with van der Waals surface area (Å²) in [6.07, 6.45) is 3.96. The average molecular weight is 274 g/mol. The number of nitrogens with zero attached hydrogens (tertiary/aromatic N) is 1. The van der Waals surface area contributed by atoms with Crippen LogP contribution in [0.2, 0.25) is 0 Å². The molecule has 1 amide bonds. The van der Waals surface area contributed by atoms with Gasteiger partial charge in [0.15, 0.2) is 0 Å². The molecule has 1 aromatic carbocycles. The standard InChI is InChI=1S/C17H26N2O/c1-3-19(12-15-8-5-4-7-13(15)2)17(20)11-14-9-6-10-16(14)18/h4-5,7-8,14,16H,3,6,9-12,18H2,1-2H3/t14-,16+/m0/s1. The summed E-state index contributed by atoms with van der Waals surface area (Å²) < 4.78 is 0. The summed E-state index contributed by atoms with van der Waals surface area (Å²) in [5, 5.41) is 0. The largest absolute Gasteiger partial charge is 0.339 e. The van der Waals surface area contributed by atoms with Crippen LogP contribution in [0.4, 0.5) is 0 Å². The van der Waals surface area contributed by atoms with E-state index in [0.29, 0.717) is 18.9 Å². The third-order valence-corrected chi connectivity index (χ3v) is 4.51. The van der Waals surface area contributed by atoms with Crippen LogP contribution in [0.1, 0.15) is 43.7 Å². The van der Waals surface area contributed by atoms with Crippen molar-refractivity contribution in [2.45, 2.75) is 52.1 Å². The van der Waals surface area contributed by atoms with Gasteiger partial charge in [0.05, 0.1) is 0 Å². The molecule has 0 spiro atoms. The van der Waals surface area contributed by atoms with Crippen molar-refractivity contribution in [3.8, 4) is 0 Å². The summed E-state index contributed by atoms with van der Waals surface area (Å²) in [5.74, 6) is 0.631. The summed E-state index contributed by atoms with van der Waals surface area (Å²) in [5.41, 5.74) is 8.56. The van der Waals surface area contributed by atoms with Crippen LogP contribution in [-0.2, 0) is 11.3 Å². The number of carbonyl (C=O) groups is 1. The van der Waals surface area contributed by atoms with Crippen molar-refractivity contribution in [2.24, 2.45) is 11.7 Å². The Morgan fingerprint density at radius 3 is 2.70 bits per heavy atom. The minimum atomic E-state index is 0.219. The lowest BCUT2D eigenvalue weighted by atomic mass is 9.99. The molecule has 3 heteroatoms. The first-order chi connectivity index (χ1) is 9.61. The van der Waals surface area contributed by atoms with Gasteiger partial charge < -0.3 is 10.6 Å². The van der Waals surface area contributed by atoms with Gasteiger partial charge in [-0.15, -0.1) is 0 Å². The fourth-order valence-corrected chi connectivity index (χ4v) is 3.04. The van der Waals surface area contributed by atoms with Crippen LogP contribution in [0.15, 0.2) is 24.3 Å². The normalized spacial score (nSPS) is 21.9. The van der Waals surface area contributed by atoms with Crippen LogP contribution in [-0.4, -0.2) is 23.4 Å². The molecule has 3 nitrogen and oxygen atoms in total. The maximum atomic E-state index is 12.5. The smallest absolute Gasteiger partial charge is 0.223 e. The molecule has 0 aliphatic heterocycles. The maximum Gasteiger partial charge on any atom is 0.223 e. The van der Waals surface area contributed by atoms with E-state index in [-0.39, 0.29) is 11.9 Å². The van der Waals surface area contributed by atoms with Crippen LogP contribution in [0.5, 0.6) is 0 Å². The van der Waals surface area contributed by atoms with E-state index < -0.39 is 0 Å². The summed E-state index contributed by atoms with van der Waals surface area (Å²) in [6, 6.07) is 8.49. The van der Waals surface area contributed by atoms with Crippen molar-refractivity contribution >= 4 is 5.91 Å². The molecule has 2 atom stereocenters. The molecule has 0 heterocycles. The van der Waals surface area contributed by atoms with Gasteiger partial charge >= 0.3 is 0 Å². The SMILES string of the molecule is CCN(Cc1ccccc1C)C(=O)C[C@@H]1CCC[C@H]1N. The second-order valence-corrected chi connectivity index (χ2v) is 5.89. The topological polar surface area (TPSA) is 46.3 Å². The molecule has 1 aliphatic carbocycles. The highest BCUT2D eigenvalue weighted by Crippen LogP contribution is 2.27. The van der Waals surface area contributed by atoms with Crippen molar-refractivity contribution in [2.75, 3.05) is 6.54 Å². The number of benzene rings is 1. The number of rotatable bonds is 5. The molecule has 1 saturated carbocycles. The number of amides is 1. The highest BCUT2D eigenvalue weighted by molar-refractivity contribution is 5.76. The van der Waals surface area contributed by atoms with Crippen molar-refractivity contribution < 1.29 is 4.79 Å². The first kappa shape index (κ1) is 15.0. The predicted octanol–water partition coefficient (Wildman–Crippen LogP) is 2.86. The Morgan fingerprint density at radius 2 is 2.10 bits per heavy atom. The van der Waals surface area contributed by atoms with E-state index in [1.165, 1.54) is 17.5 Å². The summed E-state index contributed by atoms with van der Waals surface area (Å²) in [4.78, 5) is 14.4. The van der Waals surface area contributed by atoms with E-state index in [9.17, 15) is 4.79 Å². The van der Waals surface area contributed by atoms with E-state index in [0.717, 1.165) is 19.4 Å². The highest BCUT2D eigenvalue weighted by Gasteiger charge is 2.27. The number of carbonyl (C=O) groups excluding carboxylic acids is 1. The average Bonchev–Trinajstić information content (AvgIpc) is 2.83.